The predicted molar refractivity (Wildman–Crippen MR) is 78.8 cm³/mol. The van der Waals surface area contributed by atoms with Crippen LogP contribution in [0.3, 0.4) is 0 Å². The van der Waals surface area contributed by atoms with Crippen molar-refractivity contribution in [2.24, 2.45) is 0 Å². The fourth-order valence-electron chi connectivity index (χ4n) is 2.17. The number of likely N-dealkylation sites (N-methyl/N-ethyl adjacent to an activating group) is 1. The molecule has 2 rings (SSSR count). The highest BCUT2D eigenvalue weighted by atomic mass is 19.1. The number of para-hydroxylation sites is 1. The van der Waals surface area contributed by atoms with Crippen LogP contribution in [0.1, 0.15) is 12.5 Å². The highest BCUT2D eigenvalue weighted by Crippen LogP contribution is 2.23. The number of halogens is 1. The van der Waals surface area contributed by atoms with Crippen LogP contribution in [0, 0.1) is 5.82 Å². The molecule has 0 fully saturated rings. The summed E-state index contributed by atoms with van der Waals surface area (Å²) >= 11 is 0. The molecule has 1 aromatic heterocycles. The van der Waals surface area contributed by atoms with Crippen molar-refractivity contribution in [3.8, 4) is 5.75 Å². The summed E-state index contributed by atoms with van der Waals surface area (Å²) in [5.74, 6) is 0.922. The molecule has 3 nitrogen and oxygen atoms in total. The van der Waals surface area contributed by atoms with Gasteiger partial charge in [0.15, 0.2) is 11.6 Å². The first-order valence-corrected chi connectivity index (χ1v) is 6.58. The van der Waals surface area contributed by atoms with E-state index in [9.17, 15) is 4.39 Å². The number of rotatable bonds is 5. The summed E-state index contributed by atoms with van der Waals surface area (Å²) < 4.78 is 19.1. The van der Waals surface area contributed by atoms with E-state index in [0.29, 0.717) is 5.82 Å². The smallest absolute Gasteiger partial charge is 0.165 e. The lowest BCUT2D eigenvalue weighted by atomic mass is 10.1. The number of methoxy groups -OCH3 is 1. The van der Waals surface area contributed by atoms with Gasteiger partial charge in [-0.15, -0.1) is 0 Å². The van der Waals surface area contributed by atoms with Crippen LogP contribution < -0.4 is 9.64 Å². The van der Waals surface area contributed by atoms with Gasteiger partial charge in [0.05, 0.1) is 7.11 Å². The first-order valence-electron chi connectivity index (χ1n) is 6.58. The number of pyridine rings is 1. The Balaban J connectivity index is 2.16. The lowest BCUT2D eigenvalue weighted by molar-refractivity contribution is 0.408. The van der Waals surface area contributed by atoms with E-state index in [1.54, 1.807) is 19.4 Å². The Morgan fingerprint density at radius 3 is 2.70 bits per heavy atom. The largest absolute Gasteiger partial charge is 0.496 e. The zero-order valence-corrected chi connectivity index (χ0v) is 12.0. The van der Waals surface area contributed by atoms with Crippen LogP contribution in [0.5, 0.6) is 5.75 Å². The van der Waals surface area contributed by atoms with E-state index < -0.39 is 0 Å². The van der Waals surface area contributed by atoms with Crippen LogP contribution in [0.15, 0.2) is 42.6 Å². The second-order valence-corrected chi connectivity index (χ2v) is 4.78. The van der Waals surface area contributed by atoms with Crippen LogP contribution in [-0.4, -0.2) is 25.2 Å². The fraction of sp³-hybridized carbons (Fsp3) is 0.312. The summed E-state index contributed by atoms with van der Waals surface area (Å²) in [6.45, 7) is 2.04. The van der Waals surface area contributed by atoms with E-state index in [4.69, 9.17) is 4.74 Å². The Morgan fingerprint density at radius 1 is 1.25 bits per heavy atom. The van der Waals surface area contributed by atoms with Crippen LogP contribution in [-0.2, 0) is 6.42 Å². The van der Waals surface area contributed by atoms with Gasteiger partial charge in [-0.1, -0.05) is 18.2 Å². The molecule has 0 aliphatic rings. The zero-order chi connectivity index (χ0) is 14.5. The van der Waals surface area contributed by atoms with Gasteiger partial charge in [-0.25, -0.2) is 9.37 Å². The molecule has 0 aliphatic carbocycles. The molecule has 0 aliphatic heterocycles. The van der Waals surface area contributed by atoms with Crippen LogP contribution in [0.2, 0.25) is 0 Å². The third-order valence-electron chi connectivity index (χ3n) is 3.44. The van der Waals surface area contributed by atoms with Gasteiger partial charge in [-0.2, -0.15) is 0 Å². The van der Waals surface area contributed by atoms with Gasteiger partial charge in [0, 0.05) is 19.3 Å². The minimum Gasteiger partial charge on any atom is -0.496 e. The molecule has 0 spiro atoms. The minimum atomic E-state index is -0.304. The fourth-order valence-corrected chi connectivity index (χ4v) is 2.17. The Hall–Kier alpha value is -2.10. The Bertz CT molecular complexity index is 574. The first kappa shape index (κ1) is 14.3. The summed E-state index contributed by atoms with van der Waals surface area (Å²) in [6, 6.07) is 11.0. The molecule has 1 atom stereocenters. The molecule has 1 unspecified atom stereocenters. The molecule has 0 saturated carbocycles. The number of anilines is 1. The van der Waals surface area contributed by atoms with E-state index in [0.717, 1.165) is 17.7 Å². The molecule has 0 amide bonds. The standard InChI is InChI=1S/C16H19FN2O/c1-12(11-13-7-4-5-9-15(13)20-3)19(2)16-14(17)8-6-10-18-16/h4-10,12H,11H2,1-3H3. The van der Waals surface area contributed by atoms with E-state index in [-0.39, 0.29) is 11.9 Å². The van der Waals surface area contributed by atoms with Crippen LogP contribution in [0.25, 0.3) is 0 Å². The summed E-state index contributed by atoms with van der Waals surface area (Å²) in [6.07, 6.45) is 2.36. The van der Waals surface area contributed by atoms with E-state index in [2.05, 4.69) is 4.98 Å². The molecule has 106 valence electrons. The summed E-state index contributed by atoms with van der Waals surface area (Å²) in [7, 11) is 3.51. The maximum absolute atomic E-state index is 13.8. The number of nitrogens with zero attached hydrogens (tertiary/aromatic N) is 2. The SMILES string of the molecule is COc1ccccc1CC(C)N(C)c1ncccc1F. The van der Waals surface area contributed by atoms with Crippen molar-refractivity contribution in [2.75, 3.05) is 19.1 Å². The van der Waals surface area contributed by atoms with Crippen molar-refractivity contribution in [1.82, 2.24) is 4.98 Å². The minimum absolute atomic E-state index is 0.107. The summed E-state index contributed by atoms with van der Waals surface area (Å²) in [5, 5.41) is 0. The van der Waals surface area contributed by atoms with Gasteiger partial charge < -0.3 is 9.64 Å². The number of hydrogen-bond donors (Lipinski definition) is 0. The highest BCUT2D eigenvalue weighted by Gasteiger charge is 2.16. The van der Waals surface area contributed by atoms with Gasteiger partial charge in [0.1, 0.15) is 5.75 Å². The second-order valence-electron chi connectivity index (χ2n) is 4.78. The zero-order valence-electron chi connectivity index (χ0n) is 12.0. The number of aromatic nitrogens is 1. The topological polar surface area (TPSA) is 25.4 Å². The lowest BCUT2D eigenvalue weighted by Gasteiger charge is -2.26. The van der Waals surface area contributed by atoms with Crippen molar-refractivity contribution in [3.05, 3.63) is 54.0 Å². The van der Waals surface area contributed by atoms with Crippen molar-refractivity contribution in [1.29, 1.82) is 0 Å². The van der Waals surface area contributed by atoms with Crippen molar-refractivity contribution in [2.45, 2.75) is 19.4 Å². The molecule has 4 heteroatoms. The van der Waals surface area contributed by atoms with Gasteiger partial charge >= 0.3 is 0 Å². The molecule has 1 heterocycles. The summed E-state index contributed by atoms with van der Waals surface area (Å²) in [4.78, 5) is 5.95. The third-order valence-corrected chi connectivity index (χ3v) is 3.44. The van der Waals surface area contributed by atoms with E-state index in [1.807, 2.05) is 43.1 Å². The van der Waals surface area contributed by atoms with E-state index >= 15 is 0 Å². The highest BCUT2D eigenvalue weighted by molar-refractivity contribution is 5.41. The Morgan fingerprint density at radius 2 is 2.00 bits per heavy atom. The average Bonchev–Trinajstić information content (AvgIpc) is 2.47. The summed E-state index contributed by atoms with van der Waals surface area (Å²) in [5.41, 5.74) is 1.10. The molecule has 0 saturated heterocycles. The molecule has 20 heavy (non-hydrogen) atoms. The lowest BCUT2D eigenvalue weighted by Crippen LogP contribution is -2.32. The molecule has 2 aromatic rings. The first-order chi connectivity index (χ1) is 9.63. The number of hydrogen-bond acceptors (Lipinski definition) is 3. The number of ether oxygens (including phenoxy) is 1. The molecular weight excluding hydrogens is 255 g/mol. The second kappa shape index (κ2) is 6.37. The Kier molecular flexibility index (Phi) is 4.56. The predicted octanol–water partition coefficient (Wildman–Crippen LogP) is 3.30. The van der Waals surface area contributed by atoms with Crippen molar-refractivity contribution < 1.29 is 9.13 Å². The normalized spacial score (nSPS) is 12.0. The van der Waals surface area contributed by atoms with Crippen LogP contribution >= 0.6 is 0 Å². The quantitative estimate of drug-likeness (QED) is 0.836. The van der Waals surface area contributed by atoms with Gasteiger partial charge in [0.25, 0.3) is 0 Å². The molecule has 0 bridgehead atoms. The van der Waals surface area contributed by atoms with Crippen LogP contribution in [0.4, 0.5) is 10.2 Å². The molecular formula is C16H19FN2O. The van der Waals surface area contributed by atoms with Crippen molar-refractivity contribution >= 4 is 5.82 Å². The number of benzene rings is 1. The van der Waals surface area contributed by atoms with Gasteiger partial charge in [-0.3, -0.25) is 0 Å². The maximum atomic E-state index is 13.8. The maximum Gasteiger partial charge on any atom is 0.165 e. The van der Waals surface area contributed by atoms with Gasteiger partial charge in [0.2, 0.25) is 0 Å². The van der Waals surface area contributed by atoms with E-state index in [1.165, 1.54) is 6.07 Å². The molecule has 1 aromatic carbocycles. The Labute approximate surface area is 119 Å². The van der Waals surface area contributed by atoms with Crippen molar-refractivity contribution in [3.63, 3.8) is 0 Å². The third kappa shape index (κ3) is 3.07. The molecule has 0 radical (unpaired) electrons. The average molecular weight is 274 g/mol. The molecule has 0 N–H and O–H groups in total. The monoisotopic (exact) mass is 274 g/mol. The van der Waals surface area contributed by atoms with Gasteiger partial charge in [-0.05, 0) is 37.1 Å².